The molecule has 0 aliphatic heterocycles. The molecule has 5 rings (SSSR count). The Bertz CT molecular complexity index is 1190. The molecule has 0 aliphatic rings. The van der Waals surface area contributed by atoms with Crippen LogP contribution in [0.1, 0.15) is 0 Å². The first-order valence-corrected chi connectivity index (χ1v) is 11.4. The summed E-state index contributed by atoms with van der Waals surface area (Å²) < 4.78 is 24.2. The van der Waals surface area contributed by atoms with Crippen LogP contribution in [0.2, 0.25) is 0 Å². The Morgan fingerprint density at radius 2 is 0.618 bits per heavy atom. The van der Waals surface area contributed by atoms with E-state index in [1.807, 2.05) is 84.9 Å². The summed E-state index contributed by atoms with van der Waals surface area (Å²) in [6, 6.07) is 35.9. The van der Waals surface area contributed by atoms with E-state index in [4.69, 9.17) is 18.9 Å². The number of benzene rings is 5. The maximum atomic E-state index is 6.29. The van der Waals surface area contributed by atoms with Crippen molar-refractivity contribution in [2.24, 2.45) is 0 Å². The molecule has 0 saturated carbocycles. The molecular weight excluding hydrogens is 424 g/mol. The van der Waals surface area contributed by atoms with E-state index in [0.717, 1.165) is 44.5 Å². The van der Waals surface area contributed by atoms with Crippen LogP contribution in [0.25, 0.3) is 21.5 Å². The van der Waals surface area contributed by atoms with Gasteiger partial charge in [-0.2, -0.15) is 0 Å². The Labute approximate surface area is 199 Å². The van der Waals surface area contributed by atoms with Crippen LogP contribution in [0.15, 0.2) is 109 Å². The number of ether oxygens (including phenoxy) is 4. The average Bonchev–Trinajstić information content (AvgIpc) is 2.90. The Morgan fingerprint density at radius 3 is 0.971 bits per heavy atom. The number of hydrogen-bond acceptors (Lipinski definition) is 4. The highest BCUT2D eigenvalue weighted by Gasteiger charge is 2.16. The van der Waals surface area contributed by atoms with Crippen LogP contribution in [-0.2, 0) is 0 Å². The maximum absolute atomic E-state index is 6.29. The van der Waals surface area contributed by atoms with Gasteiger partial charge in [0.05, 0.1) is 0 Å². The number of para-hydroxylation sites is 2. The number of hydrogen-bond donors (Lipinski definition) is 0. The molecule has 0 aliphatic carbocycles. The van der Waals surface area contributed by atoms with Crippen LogP contribution in [0.3, 0.4) is 0 Å². The van der Waals surface area contributed by atoms with E-state index in [2.05, 4.69) is 24.3 Å². The lowest BCUT2D eigenvalue weighted by atomic mass is 10.0. The average molecular weight is 451 g/mol. The summed E-state index contributed by atoms with van der Waals surface area (Å²) in [5, 5.41) is 4.06. The molecule has 0 heterocycles. The molecule has 0 spiro atoms. The van der Waals surface area contributed by atoms with E-state index in [9.17, 15) is 0 Å². The van der Waals surface area contributed by atoms with Gasteiger partial charge in [0.2, 0.25) is 0 Å². The van der Waals surface area contributed by atoms with Crippen LogP contribution in [0.5, 0.6) is 23.0 Å². The third-order valence-electron chi connectivity index (χ3n) is 5.52. The van der Waals surface area contributed by atoms with E-state index in [1.165, 1.54) is 0 Å². The third-order valence-corrected chi connectivity index (χ3v) is 5.52. The highest BCUT2D eigenvalue weighted by Crippen LogP contribution is 2.42. The summed E-state index contributed by atoms with van der Waals surface area (Å²) >= 11 is 0. The van der Waals surface area contributed by atoms with Gasteiger partial charge in [-0.1, -0.05) is 84.9 Å². The molecule has 4 nitrogen and oxygen atoms in total. The summed E-state index contributed by atoms with van der Waals surface area (Å²) in [6.45, 7) is 1.80. The molecule has 0 atom stereocenters. The minimum absolute atomic E-state index is 0.438. The van der Waals surface area contributed by atoms with Crippen LogP contribution in [0.4, 0.5) is 0 Å². The summed E-state index contributed by atoms with van der Waals surface area (Å²) in [5.41, 5.74) is 0. The molecule has 170 valence electrons. The maximum Gasteiger partial charge on any atom is 0.135 e. The highest BCUT2D eigenvalue weighted by molar-refractivity contribution is 6.11. The van der Waals surface area contributed by atoms with E-state index in [0.29, 0.717) is 26.4 Å². The predicted molar refractivity (Wildman–Crippen MR) is 136 cm³/mol. The summed E-state index contributed by atoms with van der Waals surface area (Å²) in [5.74, 6) is 3.36. The second-order valence-corrected chi connectivity index (χ2v) is 7.77. The zero-order valence-electron chi connectivity index (χ0n) is 18.9. The van der Waals surface area contributed by atoms with Crippen molar-refractivity contribution in [2.45, 2.75) is 0 Å². The van der Waals surface area contributed by atoms with Crippen LogP contribution >= 0.6 is 0 Å². The van der Waals surface area contributed by atoms with Crippen molar-refractivity contribution in [1.29, 1.82) is 0 Å². The summed E-state index contributed by atoms with van der Waals surface area (Å²) in [6.07, 6.45) is 0. The lowest BCUT2D eigenvalue weighted by Gasteiger charge is -2.18. The highest BCUT2D eigenvalue weighted by atomic mass is 16.5. The Morgan fingerprint density at radius 1 is 0.324 bits per heavy atom. The first kappa shape index (κ1) is 21.7. The molecule has 0 amide bonds. The predicted octanol–water partition coefficient (Wildman–Crippen LogP) is 6.91. The first-order chi connectivity index (χ1) is 16.9. The van der Waals surface area contributed by atoms with Gasteiger partial charge in [-0.15, -0.1) is 0 Å². The monoisotopic (exact) mass is 450 g/mol. The van der Waals surface area contributed by atoms with Crippen LogP contribution in [-0.4, -0.2) is 26.4 Å². The summed E-state index contributed by atoms with van der Waals surface area (Å²) in [4.78, 5) is 0. The quantitative estimate of drug-likeness (QED) is 0.171. The van der Waals surface area contributed by atoms with E-state index in [1.54, 1.807) is 0 Å². The van der Waals surface area contributed by atoms with Gasteiger partial charge in [-0.05, 0) is 24.3 Å². The smallest absolute Gasteiger partial charge is 0.135 e. The molecule has 0 unspecified atom stereocenters. The van der Waals surface area contributed by atoms with Crippen molar-refractivity contribution in [2.75, 3.05) is 26.4 Å². The van der Waals surface area contributed by atoms with Gasteiger partial charge in [0.25, 0.3) is 0 Å². The largest absolute Gasteiger partial charge is 0.490 e. The van der Waals surface area contributed by atoms with E-state index >= 15 is 0 Å². The van der Waals surface area contributed by atoms with Crippen molar-refractivity contribution in [1.82, 2.24) is 0 Å². The lowest BCUT2D eigenvalue weighted by molar-refractivity contribution is 0.218. The molecule has 0 aromatic heterocycles. The lowest BCUT2D eigenvalue weighted by Crippen LogP contribution is -2.11. The second kappa shape index (κ2) is 10.6. The van der Waals surface area contributed by atoms with Crippen LogP contribution < -0.4 is 18.9 Å². The van der Waals surface area contributed by atoms with Gasteiger partial charge < -0.3 is 18.9 Å². The third kappa shape index (κ3) is 4.91. The number of rotatable bonds is 10. The van der Waals surface area contributed by atoms with Crippen molar-refractivity contribution < 1.29 is 18.9 Å². The Hall–Kier alpha value is -4.18. The molecule has 5 aromatic carbocycles. The van der Waals surface area contributed by atoms with Crippen LogP contribution in [0, 0.1) is 0 Å². The topological polar surface area (TPSA) is 36.9 Å². The zero-order valence-corrected chi connectivity index (χ0v) is 18.9. The minimum Gasteiger partial charge on any atom is -0.490 e. The molecule has 4 heteroatoms. The van der Waals surface area contributed by atoms with Crippen molar-refractivity contribution in [3.05, 3.63) is 109 Å². The fourth-order valence-corrected chi connectivity index (χ4v) is 4.00. The molecule has 0 bridgehead atoms. The van der Waals surface area contributed by atoms with Crippen molar-refractivity contribution in [3.8, 4) is 23.0 Å². The fraction of sp³-hybridized carbons (Fsp3) is 0.133. The zero-order chi connectivity index (χ0) is 23.0. The fourth-order valence-electron chi connectivity index (χ4n) is 4.00. The van der Waals surface area contributed by atoms with E-state index in [-0.39, 0.29) is 0 Å². The van der Waals surface area contributed by atoms with E-state index < -0.39 is 0 Å². The molecule has 5 aromatic rings. The Balaban J connectivity index is 1.36. The SMILES string of the molecule is c1ccc(OCCOc2c3ccccc3c(OCCOc3ccccc3)c3ccccc23)cc1. The van der Waals surface area contributed by atoms with Gasteiger partial charge in [-0.25, -0.2) is 0 Å². The van der Waals surface area contributed by atoms with Crippen molar-refractivity contribution >= 4 is 21.5 Å². The molecule has 0 N–H and O–H groups in total. The standard InChI is InChI=1S/C30H26O4/c1-3-11-23(12-4-1)31-19-21-33-29-25-15-7-9-17-27(25)30(28-18-10-8-16-26(28)29)34-22-20-32-24-13-5-2-6-14-24/h1-18H,19-22H2. The van der Waals surface area contributed by atoms with Gasteiger partial charge in [0.1, 0.15) is 49.4 Å². The molecular formula is C30H26O4. The molecule has 34 heavy (non-hydrogen) atoms. The Kier molecular flexibility index (Phi) is 6.77. The van der Waals surface area contributed by atoms with Gasteiger partial charge in [0.15, 0.2) is 0 Å². The second-order valence-electron chi connectivity index (χ2n) is 7.77. The molecule has 0 fully saturated rings. The first-order valence-electron chi connectivity index (χ1n) is 11.4. The minimum atomic E-state index is 0.438. The number of fused-ring (bicyclic) bond motifs is 2. The normalized spacial score (nSPS) is 10.8. The van der Waals surface area contributed by atoms with Gasteiger partial charge in [-0.3, -0.25) is 0 Å². The van der Waals surface area contributed by atoms with Gasteiger partial charge >= 0.3 is 0 Å². The molecule has 0 radical (unpaired) electrons. The van der Waals surface area contributed by atoms with Gasteiger partial charge in [0, 0.05) is 21.5 Å². The van der Waals surface area contributed by atoms with Crippen molar-refractivity contribution in [3.63, 3.8) is 0 Å². The molecule has 0 saturated heterocycles. The summed E-state index contributed by atoms with van der Waals surface area (Å²) in [7, 11) is 0.